The number of ether oxygens (including phenoxy) is 1. The first kappa shape index (κ1) is 16.8. The standard InChI is InChI=1S/C20H21N3O2/c1-22(14-15-7-5-4-6-8-15)20(24)18-13-19(23(2)21-18)16-9-11-17(25-3)12-10-16/h4-13H,14H2,1-3H3. The summed E-state index contributed by atoms with van der Waals surface area (Å²) in [5.74, 6) is 0.698. The zero-order chi connectivity index (χ0) is 17.8. The predicted octanol–water partition coefficient (Wildman–Crippen LogP) is 3.37. The van der Waals surface area contributed by atoms with E-state index in [-0.39, 0.29) is 5.91 Å². The van der Waals surface area contributed by atoms with E-state index in [1.165, 1.54) is 0 Å². The molecule has 0 aliphatic rings. The molecule has 0 saturated carbocycles. The largest absolute Gasteiger partial charge is 0.497 e. The summed E-state index contributed by atoms with van der Waals surface area (Å²) in [4.78, 5) is 14.4. The van der Waals surface area contributed by atoms with Crippen LogP contribution in [0.1, 0.15) is 16.1 Å². The van der Waals surface area contributed by atoms with Crippen molar-refractivity contribution < 1.29 is 9.53 Å². The third kappa shape index (κ3) is 3.71. The van der Waals surface area contributed by atoms with Crippen molar-refractivity contribution in [2.75, 3.05) is 14.2 Å². The van der Waals surface area contributed by atoms with Crippen molar-refractivity contribution in [2.45, 2.75) is 6.54 Å². The van der Waals surface area contributed by atoms with Gasteiger partial charge in [0, 0.05) is 26.2 Å². The number of amides is 1. The van der Waals surface area contributed by atoms with Gasteiger partial charge in [0.2, 0.25) is 0 Å². The van der Waals surface area contributed by atoms with Crippen LogP contribution in [0, 0.1) is 0 Å². The van der Waals surface area contributed by atoms with Gasteiger partial charge in [-0.25, -0.2) is 0 Å². The molecule has 0 unspecified atom stereocenters. The van der Waals surface area contributed by atoms with Crippen LogP contribution in [0.3, 0.4) is 0 Å². The highest BCUT2D eigenvalue weighted by Crippen LogP contribution is 2.23. The van der Waals surface area contributed by atoms with Gasteiger partial charge in [0.1, 0.15) is 5.75 Å². The average Bonchev–Trinajstić information content (AvgIpc) is 3.03. The van der Waals surface area contributed by atoms with Crippen molar-refractivity contribution in [1.29, 1.82) is 0 Å². The Morgan fingerprint density at radius 2 is 1.80 bits per heavy atom. The Bertz CT molecular complexity index is 854. The Hall–Kier alpha value is -3.08. The summed E-state index contributed by atoms with van der Waals surface area (Å²) in [5, 5.41) is 4.39. The lowest BCUT2D eigenvalue weighted by atomic mass is 10.1. The predicted molar refractivity (Wildman–Crippen MR) is 97.4 cm³/mol. The SMILES string of the molecule is COc1ccc(-c2cc(C(=O)N(C)Cc3ccccc3)nn2C)cc1. The number of aromatic nitrogens is 2. The van der Waals surface area contributed by atoms with Crippen LogP contribution in [0.5, 0.6) is 5.75 Å². The fourth-order valence-corrected chi connectivity index (χ4v) is 2.73. The van der Waals surface area contributed by atoms with Crippen molar-refractivity contribution in [3.8, 4) is 17.0 Å². The first-order chi connectivity index (χ1) is 12.1. The minimum absolute atomic E-state index is 0.0979. The molecule has 0 saturated heterocycles. The second-order valence-electron chi connectivity index (χ2n) is 5.91. The summed E-state index contributed by atoms with van der Waals surface area (Å²) < 4.78 is 6.91. The van der Waals surface area contributed by atoms with E-state index in [0.717, 1.165) is 22.6 Å². The molecular weight excluding hydrogens is 314 g/mol. The summed E-state index contributed by atoms with van der Waals surface area (Å²) >= 11 is 0. The maximum Gasteiger partial charge on any atom is 0.274 e. The van der Waals surface area contributed by atoms with Gasteiger partial charge >= 0.3 is 0 Å². The molecule has 5 nitrogen and oxygen atoms in total. The van der Waals surface area contributed by atoms with Crippen molar-refractivity contribution in [2.24, 2.45) is 7.05 Å². The first-order valence-corrected chi connectivity index (χ1v) is 8.06. The summed E-state index contributed by atoms with van der Waals surface area (Å²) in [6.45, 7) is 0.550. The van der Waals surface area contributed by atoms with Gasteiger partial charge in [-0.3, -0.25) is 9.48 Å². The van der Waals surface area contributed by atoms with Crippen LogP contribution in [0.2, 0.25) is 0 Å². The van der Waals surface area contributed by atoms with Crippen LogP contribution in [0.25, 0.3) is 11.3 Å². The van der Waals surface area contributed by atoms with Gasteiger partial charge in [-0.1, -0.05) is 30.3 Å². The maximum atomic E-state index is 12.7. The number of carbonyl (C=O) groups is 1. The van der Waals surface area contributed by atoms with Gasteiger partial charge in [0.05, 0.1) is 12.8 Å². The summed E-state index contributed by atoms with van der Waals surface area (Å²) in [7, 11) is 5.27. The van der Waals surface area contributed by atoms with Crippen molar-refractivity contribution in [1.82, 2.24) is 14.7 Å². The van der Waals surface area contributed by atoms with Crippen LogP contribution in [0.15, 0.2) is 60.7 Å². The fraction of sp³-hybridized carbons (Fsp3) is 0.200. The minimum atomic E-state index is -0.0979. The second kappa shape index (κ2) is 7.21. The molecule has 3 rings (SSSR count). The van der Waals surface area contributed by atoms with Crippen LogP contribution in [-0.2, 0) is 13.6 Å². The van der Waals surface area contributed by atoms with Gasteiger partial charge in [-0.2, -0.15) is 5.10 Å². The smallest absolute Gasteiger partial charge is 0.274 e. The Balaban J connectivity index is 1.79. The molecule has 0 bridgehead atoms. The number of benzene rings is 2. The molecule has 1 aromatic heterocycles. The zero-order valence-electron chi connectivity index (χ0n) is 14.6. The average molecular weight is 335 g/mol. The highest BCUT2D eigenvalue weighted by atomic mass is 16.5. The molecule has 128 valence electrons. The molecule has 5 heteroatoms. The molecule has 1 amide bonds. The molecule has 25 heavy (non-hydrogen) atoms. The number of methoxy groups -OCH3 is 1. The van der Waals surface area contributed by atoms with Crippen molar-refractivity contribution in [3.05, 3.63) is 71.9 Å². The number of hydrogen-bond donors (Lipinski definition) is 0. The van der Waals surface area contributed by atoms with Crippen molar-refractivity contribution >= 4 is 5.91 Å². The molecule has 1 heterocycles. The highest BCUT2D eigenvalue weighted by Gasteiger charge is 2.18. The second-order valence-corrected chi connectivity index (χ2v) is 5.91. The summed E-state index contributed by atoms with van der Waals surface area (Å²) in [6, 6.07) is 19.4. The summed E-state index contributed by atoms with van der Waals surface area (Å²) in [6.07, 6.45) is 0. The van der Waals surface area contributed by atoms with Gasteiger partial charge in [-0.05, 0) is 35.9 Å². The lowest BCUT2D eigenvalue weighted by molar-refractivity contribution is 0.0778. The molecular formula is C20H21N3O2. The molecule has 0 aliphatic carbocycles. The molecule has 0 spiro atoms. The quantitative estimate of drug-likeness (QED) is 0.718. The molecule has 0 fully saturated rings. The van der Waals surface area contributed by atoms with Crippen molar-refractivity contribution in [3.63, 3.8) is 0 Å². The third-order valence-corrected chi connectivity index (χ3v) is 4.09. The first-order valence-electron chi connectivity index (χ1n) is 8.06. The van der Waals surface area contributed by atoms with E-state index < -0.39 is 0 Å². The topological polar surface area (TPSA) is 47.4 Å². The maximum absolute atomic E-state index is 12.7. The van der Waals surface area contributed by atoms with E-state index in [4.69, 9.17) is 4.74 Å². The van der Waals surface area contributed by atoms with Crippen LogP contribution >= 0.6 is 0 Å². The minimum Gasteiger partial charge on any atom is -0.497 e. The van der Waals surface area contributed by atoms with Crippen LogP contribution in [-0.4, -0.2) is 34.7 Å². The van der Waals surface area contributed by atoms with E-state index in [1.807, 2.05) is 67.7 Å². The third-order valence-electron chi connectivity index (χ3n) is 4.09. The van der Waals surface area contributed by atoms with E-state index in [0.29, 0.717) is 12.2 Å². The van der Waals surface area contributed by atoms with Crippen LogP contribution < -0.4 is 4.74 Å². The van der Waals surface area contributed by atoms with E-state index in [2.05, 4.69) is 5.10 Å². The number of rotatable bonds is 5. The van der Waals surface area contributed by atoms with Gasteiger partial charge in [-0.15, -0.1) is 0 Å². The Labute approximate surface area is 147 Å². The molecule has 2 aromatic carbocycles. The Kier molecular flexibility index (Phi) is 4.84. The normalized spacial score (nSPS) is 10.5. The van der Waals surface area contributed by atoms with Crippen LogP contribution in [0.4, 0.5) is 0 Å². The Morgan fingerprint density at radius 3 is 2.44 bits per heavy atom. The number of carbonyl (C=O) groups excluding carboxylic acids is 1. The number of aryl methyl sites for hydroxylation is 1. The molecule has 3 aromatic rings. The molecule has 0 N–H and O–H groups in total. The monoisotopic (exact) mass is 335 g/mol. The van der Waals surface area contributed by atoms with Gasteiger partial charge < -0.3 is 9.64 Å². The van der Waals surface area contributed by atoms with E-state index >= 15 is 0 Å². The molecule has 0 radical (unpaired) electrons. The zero-order valence-corrected chi connectivity index (χ0v) is 14.6. The highest BCUT2D eigenvalue weighted by molar-refractivity contribution is 5.93. The summed E-state index contributed by atoms with van der Waals surface area (Å²) in [5.41, 5.74) is 3.40. The van der Waals surface area contributed by atoms with E-state index in [1.54, 1.807) is 23.7 Å². The fourth-order valence-electron chi connectivity index (χ4n) is 2.73. The van der Waals surface area contributed by atoms with Gasteiger partial charge in [0.25, 0.3) is 5.91 Å². The number of nitrogens with zero attached hydrogens (tertiary/aromatic N) is 3. The lowest BCUT2D eigenvalue weighted by Gasteiger charge is -2.15. The molecule has 0 atom stereocenters. The van der Waals surface area contributed by atoms with Gasteiger partial charge in [0.15, 0.2) is 5.69 Å². The van der Waals surface area contributed by atoms with E-state index in [9.17, 15) is 4.79 Å². The Morgan fingerprint density at radius 1 is 1.12 bits per heavy atom. The molecule has 0 aliphatic heterocycles. The number of hydrogen-bond acceptors (Lipinski definition) is 3. The lowest BCUT2D eigenvalue weighted by Crippen LogP contribution is -2.26.